The molecule has 1 amide bonds. The highest BCUT2D eigenvalue weighted by Crippen LogP contribution is 2.41. The monoisotopic (exact) mass is 544 g/mol. The summed E-state index contributed by atoms with van der Waals surface area (Å²) < 4.78 is 37.6. The lowest BCUT2D eigenvalue weighted by atomic mass is 10.1. The molecule has 0 saturated carbocycles. The third-order valence-electron chi connectivity index (χ3n) is 6.38. The van der Waals surface area contributed by atoms with Gasteiger partial charge in [-0.2, -0.15) is 0 Å². The fourth-order valence-electron chi connectivity index (χ4n) is 4.35. The number of carbonyl (C=O) groups is 2. The molecule has 39 heavy (non-hydrogen) atoms. The van der Waals surface area contributed by atoms with Gasteiger partial charge in [0.1, 0.15) is 6.61 Å². The Morgan fingerprint density at radius 3 is 1.85 bits per heavy atom. The number of amides is 1. The van der Waals surface area contributed by atoms with Crippen LogP contribution in [0, 0.1) is 0 Å². The van der Waals surface area contributed by atoms with Crippen LogP contribution in [0.5, 0.6) is 34.5 Å². The van der Waals surface area contributed by atoms with E-state index in [2.05, 4.69) is 4.90 Å². The molecular formula is C28H36N2O9. The number of rotatable bonds is 12. The van der Waals surface area contributed by atoms with E-state index in [0.717, 1.165) is 0 Å². The topological polar surface area (TPSA) is 105 Å². The van der Waals surface area contributed by atoms with Crippen molar-refractivity contribution in [1.82, 2.24) is 9.80 Å². The second kappa shape index (κ2) is 14.1. The minimum absolute atomic E-state index is 0.144. The van der Waals surface area contributed by atoms with Crippen LogP contribution in [0.15, 0.2) is 30.3 Å². The van der Waals surface area contributed by atoms with Crippen LogP contribution < -0.4 is 28.4 Å². The van der Waals surface area contributed by atoms with E-state index >= 15 is 0 Å². The molecule has 1 aliphatic heterocycles. The van der Waals surface area contributed by atoms with Crippen LogP contribution in [-0.4, -0.2) is 104 Å². The van der Waals surface area contributed by atoms with Crippen LogP contribution in [-0.2, 0) is 9.53 Å². The number of piperazine rings is 1. The predicted molar refractivity (Wildman–Crippen MR) is 145 cm³/mol. The number of carbonyl (C=O) groups excluding carboxylic acids is 2. The van der Waals surface area contributed by atoms with Gasteiger partial charge in [0.25, 0.3) is 5.91 Å². The summed E-state index contributed by atoms with van der Waals surface area (Å²) in [7, 11) is 9.10. The van der Waals surface area contributed by atoms with Crippen molar-refractivity contribution in [2.75, 3.05) is 82.0 Å². The summed E-state index contributed by atoms with van der Waals surface area (Å²) in [5.74, 6) is 2.02. The lowest BCUT2D eigenvalue weighted by Crippen LogP contribution is -2.49. The Kier molecular flexibility index (Phi) is 10.7. The first-order chi connectivity index (χ1) is 18.9. The van der Waals surface area contributed by atoms with Crippen molar-refractivity contribution in [2.24, 2.45) is 0 Å². The number of ether oxygens (including phenoxy) is 7. The number of esters is 1. The Balaban J connectivity index is 1.50. The second-order valence-electron chi connectivity index (χ2n) is 8.44. The first kappa shape index (κ1) is 29.4. The smallest absolute Gasteiger partial charge is 0.330 e. The molecule has 0 aromatic heterocycles. The van der Waals surface area contributed by atoms with Crippen molar-refractivity contribution in [3.63, 3.8) is 0 Å². The third kappa shape index (κ3) is 6.85. The Bertz CT molecular complexity index is 1170. The van der Waals surface area contributed by atoms with Gasteiger partial charge in [0.2, 0.25) is 11.5 Å². The molecule has 0 aliphatic carbocycles. The summed E-state index contributed by atoms with van der Waals surface area (Å²) in [5, 5.41) is 0. The van der Waals surface area contributed by atoms with Gasteiger partial charge in [-0.15, -0.1) is 0 Å². The van der Waals surface area contributed by atoms with Crippen LogP contribution in [0.1, 0.15) is 15.9 Å². The number of nitrogens with zero attached hydrogens (tertiary/aromatic N) is 2. The first-order valence-electron chi connectivity index (χ1n) is 12.4. The van der Waals surface area contributed by atoms with E-state index in [1.165, 1.54) is 48.7 Å². The van der Waals surface area contributed by atoms with Gasteiger partial charge in [-0.05, 0) is 30.3 Å². The molecule has 212 valence electrons. The maximum absolute atomic E-state index is 13.2. The van der Waals surface area contributed by atoms with Gasteiger partial charge in [0.15, 0.2) is 23.0 Å². The highest BCUT2D eigenvalue weighted by molar-refractivity contribution is 5.98. The Hall–Kier alpha value is -4.12. The zero-order valence-corrected chi connectivity index (χ0v) is 23.3. The van der Waals surface area contributed by atoms with Crippen LogP contribution in [0.4, 0.5) is 0 Å². The molecule has 0 unspecified atom stereocenters. The summed E-state index contributed by atoms with van der Waals surface area (Å²) in [6.45, 7) is 3.15. The molecule has 0 spiro atoms. The molecule has 2 aromatic rings. The van der Waals surface area contributed by atoms with E-state index in [1.54, 1.807) is 35.2 Å². The lowest BCUT2D eigenvalue weighted by molar-refractivity contribution is -0.138. The minimum atomic E-state index is -0.471. The predicted octanol–water partition coefficient (Wildman–Crippen LogP) is 2.75. The molecule has 0 bridgehead atoms. The maximum atomic E-state index is 13.2. The summed E-state index contributed by atoms with van der Waals surface area (Å²) in [6.07, 6.45) is 2.95. The van der Waals surface area contributed by atoms with Gasteiger partial charge in [0, 0.05) is 44.4 Å². The van der Waals surface area contributed by atoms with Gasteiger partial charge in [-0.25, -0.2) is 4.79 Å². The molecule has 0 N–H and O–H groups in total. The average molecular weight is 545 g/mol. The van der Waals surface area contributed by atoms with E-state index in [4.69, 9.17) is 33.2 Å². The standard InChI is InChI=1S/C28H36N2O9/c1-33-21-10-7-19(24(35-3)26(21)37-5)8-12-23(31)39-18-17-29-13-15-30(16-14-29)28(32)20-9-11-22(34-2)27(38-6)25(20)36-4/h7-12H,13-18H2,1-6H3. The van der Waals surface area contributed by atoms with E-state index < -0.39 is 5.97 Å². The van der Waals surface area contributed by atoms with E-state index in [0.29, 0.717) is 78.3 Å². The van der Waals surface area contributed by atoms with Crippen molar-refractivity contribution >= 4 is 18.0 Å². The fraction of sp³-hybridized carbons (Fsp3) is 0.429. The van der Waals surface area contributed by atoms with Gasteiger partial charge < -0.3 is 38.1 Å². The van der Waals surface area contributed by atoms with Crippen molar-refractivity contribution in [3.05, 3.63) is 41.5 Å². The minimum Gasteiger partial charge on any atom is -0.493 e. The van der Waals surface area contributed by atoms with Crippen molar-refractivity contribution in [2.45, 2.75) is 0 Å². The zero-order valence-electron chi connectivity index (χ0n) is 23.3. The summed E-state index contributed by atoms with van der Waals surface area (Å²) in [6, 6.07) is 6.87. The molecule has 0 atom stereocenters. The molecule has 3 rings (SSSR count). The van der Waals surface area contributed by atoms with Crippen molar-refractivity contribution < 1.29 is 42.7 Å². The Labute approximate surface area is 228 Å². The average Bonchev–Trinajstić information content (AvgIpc) is 2.98. The highest BCUT2D eigenvalue weighted by Gasteiger charge is 2.27. The first-order valence-corrected chi connectivity index (χ1v) is 12.4. The molecule has 11 heteroatoms. The molecule has 1 aliphatic rings. The van der Waals surface area contributed by atoms with Crippen LogP contribution in [0.3, 0.4) is 0 Å². The Morgan fingerprint density at radius 1 is 0.718 bits per heavy atom. The van der Waals surface area contributed by atoms with Gasteiger partial charge in [-0.3, -0.25) is 9.69 Å². The molecule has 0 radical (unpaired) electrons. The maximum Gasteiger partial charge on any atom is 0.330 e. The Morgan fingerprint density at radius 2 is 1.28 bits per heavy atom. The van der Waals surface area contributed by atoms with E-state index in [1.807, 2.05) is 0 Å². The molecular weight excluding hydrogens is 508 g/mol. The van der Waals surface area contributed by atoms with Gasteiger partial charge >= 0.3 is 5.97 Å². The summed E-state index contributed by atoms with van der Waals surface area (Å²) in [5.41, 5.74) is 1.06. The highest BCUT2D eigenvalue weighted by atomic mass is 16.5. The molecule has 2 aromatic carbocycles. The second-order valence-corrected chi connectivity index (χ2v) is 8.44. The zero-order chi connectivity index (χ0) is 28.4. The van der Waals surface area contributed by atoms with E-state index in [-0.39, 0.29) is 12.5 Å². The SMILES string of the molecule is COc1ccc(C=CC(=O)OCCN2CCN(C(=O)c3ccc(OC)c(OC)c3OC)CC2)c(OC)c1OC. The van der Waals surface area contributed by atoms with Crippen LogP contribution in [0.2, 0.25) is 0 Å². The number of hydrogen-bond acceptors (Lipinski definition) is 10. The fourth-order valence-corrected chi connectivity index (χ4v) is 4.35. The summed E-state index contributed by atoms with van der Waals surface area (Å²) in [4.78, 5) is 29.4. The van der Waals surface area contributed by atoms with Crippen molar-refractivity contribution in [3.8, 4) is 34.5 Å². The lowest BCUT2D eigenvalue weighted by Gasteiger charge is -2.34. The molecule has 1 heterocycles. The molecule has 1 fully saturated rings. The largest absolute Gasteiger partial charge is 0.493 e. The number of methoxy groups -OCH3 is 6. The normalized spacial score (nSPS) is 13.6. The molecule has 1 saturated heterocycles. The third-order valence-corrected chi connectivity index (χ3v) is 6.38. The quantitative estimate of drug-likeness (QED) is 0.293. The number of hydrogen-bond donors (Lipinski definition) is 0. The summed E-state index contributed by atoms with van der Waals surface area (Å²) >= 11 is 0. The van der Waals surface area contributed by atoms with E-state index in [9.17, 15) is 9.59 Å². The van der Waals surface area contributed by atoms with Gasteiger partial charge in [-0.1, -0.05) is 0 Å². The molecule has 11 nitrogen and oxygen atoms in total. The number of benzene rings is 2. The van der Waals surface area contributed by atoms with Crippen molar-refractivity contribution in [1.29, 1.82) is 0 Å². The van der Waals surface area contributed by atoms with Crippen LogP contribution in [0.25, 0.3) is 6.08 Å². The van der Waals surface area contributed by atoms with Crippen LogP contribution >= 0.6 is 0 Å². The van der Waals surface area contributed by atoms with Gasteiger partial charge in [0.05, 0.1) is 48.2 Å².